The molecule has 0 aliphatic rings. The first-order valence-electron chi connectivity index (χ1n) is 9.89. The van der Waals surface area contributed by atoms with Crippen LogP contribution in [0.15, 0.2) is 66.9 Å². The highest BCUT2D eigenvalue weighted by Crippen LogP contribution is 2.28. The second-order valence-corrected chi connectivity index (χ2v) is 7.05. The van der Waals surface area contributed by atoms with Crippen LogP contribution in [0.1, 0.15) is 12.6 Å². The largest absolute Gasteiger partial charge is 0.337 e. The third kappa shape index (κ3) is 5.05. The van der Waals surface area contributed by atoms with Gasteiger partial charge in [0.15, 0.2) is 5.82 Å². The minimum absolute atomic E-state index is 0.116. The fourth-order valence-electron chi connectivity index (χ4n) is 3.28. The molecular weight excluding hydrogens is 392 g/mol. The van der Waals surface area contributed by atoms with E-state index in [0.29, 0.717) is 18.8 Å². The van der Waals surface area contributed by atoms with Crippen LogP contribution in [0.3, 0.4) is 0 Å². The van der Waals surface area contributed by atoms with Crippen LogP contribution in [0.25, 0.3) is 22.0 Å². The monoisotopic (exact) mass is 414 g/mol. The van der Waals surface area contributed by atoms with Gasteiger partial charge in [-0.05, 0) is 47.5 Å². The van der Waals surface area contributed by atoms with E-state index in [9.17, 15) is 9.59 Å². The number of amides is 3. The summed E-state index contributed by atoms with van der Waals surface area (Å²) in [5.74, 6) is 0.346. The smallest absolute Gasteiger partial charge is 0.320 e. The van der Waals surface area contributed by atoms with Crippen molar-refractivity contribution in [3.05, 3.63) is 72.6 Å². The molecule has 0 bridgehead atoms. The van der Waals surface area contributed by atoms with Crippen LogP contribution in [-0.4, -0.2) is 33.7 Å². The van der Waals surface area contributed by atoms with E-state index in [4.69, 9.17) is 0 Å². The Balaban J connectivity index is 1.43. The van der Waals surface area contributed by atoms with Crippen molar-refractivity contribution in [3.8, 4) is 11.1 Å². The lowest BCUT2D eigenvalue weighted by atomic mass is 10.0. The summed E-state index contributed by atoms with van der Waals surface area (Å²) >= 11 is 0. The van der Waals surface area contributed by atoms with Gasteiger partial charge in [0.1, 0.15) is 0 Å². The number of urea groups is 1. The van der Waals surface area contributed by atoms with Gasteiger partial charge in [0.05, 0.1) is 5.52 Å². The Morgan fingerprint density at radius 2 is 1.84 bits per heavy atom. The van der Waals surface area contributed by atoms with Crippen LogP contribution in [0, 0.1) is 0 Å². The minimum Gasteiger partial charge on any atom is -0.337 e. The quantitative estimate of drug-likeness (QED) is 0.383. The number of anilines is 2. The Morgan fingerprint density at radius 3 is 2.65 bits per heavy atom. The van der Waals surface area contributed by atoms with Crippen LogP contribution < -0.4 is 16.0 Å². The maximum atomic E-state index is 12.2. The van der Waals surface area contributed by atoms with Gasteiger partial charge in [-0.3, -0.25) is 20.2 Å². The summed E-state index contributed by atoms with van der Waals surface area (Å²) in [6.45, 7) is 1.95. The third-order valence-electron chi connectivity index (χ3n) is 4.70. The molecule has 156 valence electrons. The fourth-order valence-corrected chi connectivity index (χ4v) is 3.28. The molecule has 0 spiro atoms. The van der Waals surface area contributed by atoms with E-state index in [-0.39, 0.29) is 11.9 Å². The summed E-state index contributed by atoms with van der Waals surface area (Å²) in [5.41, 5.74) is 4.38. The molecule has 2 aromatic carbocycles. The van der Waals surface area contributed by atoms with Gasteiger partial charge >= 0.3 is 6.03 Å². The summed E-state index contributed by atoms with van der Waals surface area (Å²) in [4.78, 5) is 27.8. The van der Waals surface area contributed by atoms with Crippen molar-refractivity contribution in [2.45, 2.75) is 13.3 Å². The standard InChI is InChI=1S/C23H22N6O2/c1-15(30)26-19-7-4-5-16(13-19)17-8-9-20-21(14-17)28-29-22(20)27-23(31)25-12-10-18-6-2-3-11-24-18/h2-9,11,13-14H,10,12H2,1H3,(H,26,30)(H3,25,27,28,29,31). The zero-order valence-electron chi connectivity index (χ0n) is 17.0. The molecule has 4 rings (SSSR count). The highest BCUT2D eigenvalue weighted by molar-refractivity contribution is 6.00. The number of H-pyrrole nitrogens is 1. The van der Waals surface area contributed by atoms with Crippen LogP contribution in [0.4, 0.5) is 16.3 Å². The van der Waals surface area contributed by atoms with Crippen LogP contribution in [0.5, 0.6) is 0 Å². The van der Waals surface area contributed by atoms with Gasteiger partial charge in [-0.1, -0.05) is 24.3 Å². The lowest BCUT2D eigenvalue weighted by molar-refractivity contribution is -0.114. The Morgan fingerprint density at radius 1 is 0.968 bits per heavy atom. The molecule has 8 nitrogen and oxygen atoms in total. The Kier molecular flexibility index (Phi) is 5.89. The average Bonchev–Trinajstić information content (AvgIpc) is 3.16. The number of aromatic amines is 1. The van der Waals surface area contributed by atoms with Gasteiger partial charge in [0.25, 0.3) is 0 Å². The summed E-state index contributed by atoms with van der Waals surface area (Å²) in [5, 5.41) is 16.4. The van der Waals surface area contributed by atoms with E-state index in [1.54, 1.807) is 6.20 Å². The van der Waals surface area contributed by atoms with Crippen molar-refractivity contribution in [1.29, 1.82) is 0 Å². The SMILES string of the molecule is CC(=O)Nc1cccc(-c2ccc3c(NC(=O)NCCc4ccccn4)n[nH]c3c2)c1. The van der Waals surface area contributed by atoms with Crippen molar-refractivity contribution in [2.24, 2.45) is 0 Å². The molecule has 0 aliphatic heterocycles. The molecule has 0 saturated heterocycles. The molecule has 2 heterocycles. The summed E-state index contributed by atoms with van der Waals surface area (Å²) < 4.78 is 0. The van der Waals surface area contributed by atoms with Crippen LogP contribution >= 0.6 is 0 Å². The van der Waals surface area contributed by atoms with Gasteiger partial charge in [0.2, 0.25) is 5.91 Å². The number of carbonyl (C=O) groups excluding carboxylic acids is 2. The molecule has 3 amide bonds. The lowest BCUT2D eigenvalue weighted by Gasteiger charge is -2.07. The van der Waals surface area contributed by atoms with Gasteiger partial charge in [-0.15, -0.1) is 0 Å². The van der Waals surface area contributed by atoms with E-state index in [1.807, 2.05) is 60.7 Å². The topological polar surface area (TPSA) is 112 Å². The number of nitrogens with zero attached hydrogens (tertiary/aromatic N) is 2. The average molecular weight is 414 g/mol. The van der Waals surface area contributed by atoms with E-state index < -0.39 is 0 Å². The summed E-state index contributed by atoms with van der Waals surface area (Å²) in [6, 6.07) is 18.8. The number of aromatic nitrogens is 3. The normalized spacial score (nSPS) is 10.6. The molecule has 8 heteroatoms. The summed E-state index contributed by atoms with van der Waals surface area (Å²) in [6.07, 6.45) is 2.38. The zero-order chi connectivity index (χ0) is 21.6. The van der Waals surface area contributed by atoms with Gasteiger partial charge in [0, 0.05) is 42.9 Å². The second-order valence-electron chi connectivity index (χ2n) is 7.05. The molecular formula is C23H22N6O2. The Bertz CT molecular complexity index is 1220. The van der Waals surface area contributed by atoms with E-state index >= 15 is 0 Å². The first-order valence-corrected chi connectivity index (χ1v) is 9.89. The number of fused-ring (bicyclic) bond motifs is 1. The molecule has 0 fully saturated rings. The van der Waals surface area contributed by atoms with Crippen molar-refractivity contribution >= 4 is 34.3 Å². The number of hydrogen-bond donors (Lipinski definition) is 4. The number of nitrogens with one attached hydrogen (secondary N) is 4. The molecule has 2 aromatic heterocycles. The predicted octanol–water partition coefficient (Wildman–Crippen LogP) is 3.95. The summed E-state index contributed by atoms with van der Waals surface area (Å²) in [7, 11) is 0. The Hall–Kier alpha value is -4.20. The molecule has 0 aliphatic carbocycles. The molecule has 0 saturated carbocycles. The van der Waals surface area contributed by atoms with E-state index in [2.05, 4.69) is 31.1 Å². The van der Waals surface area contributed by atoms with Crippen LogP contribution in [-0.2, 0) is 11.2 Å². The van der Waals surface area contributed by atoms with Gasteiger partial charge in [-0.2, -0.15) is 5.10 Å². The van der Waals surface area contributed by atoms with Crippen molar-refractivity contribution in [2.75, 3.05) is 17.2 Å². The number of carbonyl (C=O) groups is 2. The minimum atomic E-state index is -0.323. The first-order chi connectivity index (χ1) is 15.1. The van der Waals surface area contributed by atoms with Gasteiger partial charge in [-0.25, -0.2) is 4.79 Å². The third-order valence-corrected chi connectivity index (χ3v) is 4.70. The van der Waals surface area contributed by atoms with E-state index in [1.165, 1.54) is 6.92 Å². The second kappa shape index (κ2) is 9.08. The lowest BCUT2D eigenvalue weighted by Crippen LogP contribution is -2.30. The number of hydrogen-bond acceptors (Lipinski definition) is 4. The number of rotatable bonds is 6. The predicted molar refractivity (Wildman–Crippen MR) is 121 cm³/mol. The number of pyridine rings is 1. The van der Waals surface area contributed by atoms with Gasteiger partial charge < -0.3 is 10.6 Å². The van der Waals surface area contributed by atoms with E-state index in [0.717, 1.165) is 33.4 Å². The van der Waals surface area contributed by atoms with Crippen molar-refractivity contribution < 1.29 is 9.59 Å². The maximum Gasteiger partial charge on any atom is 0.320 e. The van der Waals surface area contributed by atoms with Crippen LogP contribution in [0.2, 0.25) is 0 Å². The molecule has 0 radical (unpaired) electrons. The molecule has 4 aromatic rings. The maximum absolute atomic E-state index is 12.2. The highest BCUT2D eigenvalue weighted by atomic mass is 16.2. The molecule has 0 atom stereocenters. The highest BCUT2D eigenvalue weighted by Gasteiger charge is 2.11. The Labute approximate surface area is 179 Å². The molecule has 4 N–H and O–H groups in total. The molecule has 31 heavy (non-hydrogen) atoms. The van der Waals surface area contributed by atoms with Crippen molar-refractivity contribution in [3.63, 3.8) is 0 Å². The first kappa shape index (κ1) is 20.1. The fraction of sp³-hybridized carbons (Fsp3) is 0.130. The molecule has 0 unspecified atom stereocenters. The number of benzene rings is 2. The zero-order valence-corrected chi connectivity index (χ0v) is 17.0. The van der Waals surface area contributed by atoms with Crippen molar-refractivity contribution in [1.82, 2.24) is 20.5 Å².